The minimum absolute atomic E-state index is 0.00535. The van der Waals surface area contributed by atoms with Crippen molar-refractivity contribution in [3.63, 3.8) is 0 Å². The molecule has 1 aliphatic heterocycles. The second kappa shape index (κ2) is 12.5. The van der Waals surface area contributed by atoms with E-state index in [4.69, 9.17) is 5.14 Å². The molecule has 3 aromatic rings. The van der Waals surface area contributed by atoms with Gasteiger partial charge in [-0.15, -0.1) is 10.2 Å². The van der Waals surface area contributed by atoms with Crippen LogP contribution in [0.25, 0.3) is 0 Å². The topological polar surface area (TPSA) is 160 Å². The molecule has 1 amide bonds. The lowest BCUT2D eigenvalue weighted by molar-refractivity contribution is -0.137. The number of nitrogens with two attached hydrogens (primary N) is 1. The molecular weight excluding hydrogens is 591 g/mol. The molecule has 1 fully saturated rings. The van der Waals surface area contributed by atoms with E-state index in [9.17, 15) is 30.9 Å². The molecule has 17 heteroatoms. The van der Waals surface area contributed by atoms with E-state index in [0.717, 1.165) is 42.5 Å². The predicted octanol–water partition coefficient (Wildman–Crippen LogP) is 2.52. The number of sulfonamides is 1. The Morgan fingerprint density at radius 1 is 1.25 bits per heavy atom. The van der Waals surface area contributed by atoms with Crippen molar-refractivity contribution in [2.24, 2.45) is 11.1 Å². The Morgan fingerprint density at radius 3 is 2.58 bits per heavy atom. The molecule has 0 spiro atoms. The first-order chi connectivity index (χ1) is 18.8. The lowest BCUT2D eigenvalue weighted by Crippen LogP contribution is -2.39. The molecule has 40 heavy (non-hydrogen) atoms. The molecule has 0 radical (unpaired) electrons. The van der Waals surface area contributed by atoms with Crippen molar-refractivity contribution in [3.05, 3.63) is 46.9 Å². The number of rotatable bonds is 10. The van der Waals surface area contributed by atoms with E-state index >= 15 is 0 Å². The number of halogens is 3. The SMILES string of the molecule is Cc1nnn(Cc2cc(C(F)(F)F)ccc2CCC(=O)N2CCC(CC[S+]([O-])c3ncc(S(N)(=O)=O)s3)CC2)n1. The molecule has 2 N–H and O–H groups in total. The van der Waals surface area contributed by atoms with Gasteiger partial charge in [-0.1, -0.05) is 17.4 Å². The number of carbonyl (C=O) groups is 1. The Morgan fingerprint density at radius 2 is 1.98 bits per heavy atom. The predicted molar refractivity (Wildman–Crippen MR) is 140 cm³/mol. The van der Waals surface area contributed by atoms with E-state index in [0.29, 0.717) is 42.2 Å². The van der Waals surface area contributed by atoms with Gasteiger partial charge < -0.3 is 9.45 Å². The van der Waals surface area contributed by atoms with Gasteiger partial charge in [0.05, 0.1) is 18.3 Å². The molecule has 0 saturated carbocycles. The van der Waals surface area contributed by atoms with Crippen LogP contribution in [0.2, 0.25) is 0 Å². The molecule has 11 nitrogen and oxygen atoms in total. The third-order valence-electron chi connectivity index (χ3n) is 6.62. The third kappa shape index (κ3) is 7.99. The molecule has 1 aliphatic rings. The molecule has 1 atom stereocenters. The van der Waals surface area contributed by atoms with E-state index in [2.05, 4.69) is 20.4 Å². The number of alkyl halides is 3. The Kier molecular flexibility index (Phi) is 9.49. The minimum Gasteiger partial charge on any atom is -0.610 e. The Hall–Kier alpha value is -2.60. The maximum Gasteiger partial charge on any atom is 0.416 e. The molecule has 218 valence electrons. The molecular formula is C23H28F3N7O4S3. The number of aromatic nitrogens is 5. The van der Waals surface area contributed by atoms with E-state index in [-0.39, 0.29) is 39.8 Å². The largest absolute Gasteiger partial charge is 0.610 e. The number of amides is 1. The standard InChI is InChI=1S/C23H28F3N7O4S3/c1-15-29-31-33(30-15)14-18-12-19(23(24,25)26)4-2-17(18)3-5-20(34)32-9-6-16(7-10-32)8-11-39(35)22-28-13-21(38-22)40(27,36)37/h2,4,12-13,16H,3,5-11,14H2,1H3,(H2,27,36,37). The highest BCUT2D eigenvalue weighted by molar-refractivity contribution is 7.95. The fraction of sp³-hybridized carbons (Fsp3) is 0.522. The fourth-order valence-electron chi connectivity index (χ4n) is 4.45. The lowest BCUT2D eigenvalue weighted by atomic mass is 9.94. The molecule has 3 heterocycles. The second-order valence-electron chi connectivity index (χ2n) is 9.50. The first kappa shape index (κ1) is 30.4. The fourth-order valence-corrected chi connectivity index (χ4v) is 7.67. The van der Waals surface area contributed by atoms with Crippen molar-refractivity contribution in [2.75, 3.05) is 18.8 Å². The number of tetrazole rings is 1. The normalized spacial score (nSPS) is 15.9. The first-order valence-electron chi connectivity index (χ1n) is 12.4. The number of primary sulfonamides is 1. The van der Waals surface area contributed by atoms with E-state index in [1.807, 2.05) is 0 Å². The summed E-state index contributed by atoms with van der Waals surface area (Å²) in [6.45, 7) is 2.70. The molecule has 1 unspecified atom stereocenters. The number of thiazole rings is 1. The van der Waals surface area contributed by atoms with Crippen LogP contribution >= 0.6 is 11.3 Å². The van der Waals surface area contributed by atoms with Crippen LogP contribution in [0.5, 0.6) is 0 Å². The van der Waals surface area contributed by atoms with Gasteiger partial charge in [-0.05, 0) is 67.0 Å². The van der Waals surface area contributed by atoms with Crippen molar-refractivity contribution >= 4 is 38.4 Å². The molecule has 0 aliphatic carbocycles. The molecule has 4 rings (SSSR count). The van der Waals surface area contributed by atoms with Crippen molar-refractivity contribution < 1.29 is 30.9 Å². The van der Waals surface area contributed by atoms with Crippen LogP contribution in [0.4, 0.5) is 13.2 Å². The quantitative estimate of drug-likeness (QED) is 0.339. The van der Waals surface area contributed by atoms with Crippen LogP contribution in [0, 0.1) is 12.8 Å². The summed E-state index contributed by atoms with van der Waals surface area (Å²) in [6, 6.07) is 3.48. The van der Waals surface area contributed by atoms with Gasteiger partial charge in [0.25, 0.3) is 0 Å². The zero-order chi connectivity index (χ0) is 29.1. The van der Waals surface area contributed by atoms with Gasteiger partial charge in [0, 0.05) is 30.7 Å². The van der Waals surface area contributed by atoms with Crippen LogP contribution in [-0.2, 0) is 45.1 Å². The lowest BCUT2D eigenvalue weighted by Gasteiger charge is -2.32. The van der Waals surface area contributed by atoms with Crippen molar-refractivity contribution in [1.29, 1.82) is 0 Å². The number of carbonyl (C=O) groups excluding carboxylic acids is 1. The highest BCUT2D eigenvalue weighted by Crippen LogP contribution is 2.31. The summed E-state index contributed by atoms with van der Waals surface area (Å²) in [5, 5.41) is 16.7. The number of likely N-dealkylation sites (tertiary alicyclic amines) is 1. The highest BCUT2D eigenvalue weighted by atomic mass is 32.3. The number of aryl methyl sites for hydroxylation is 2. The van der Waals surface area contributed by atoms with Gasteiger partial charge >= 0.3 is 10.5 Å². The van der Waals surface area contributed by atoms with Gasteiger partial charge in [0.2, 0.25) is 15.9 Å². The van der Waals surface area contributed by atoms with Gasteiger partial charge in [-0.25, -0.2) is 13.6 Å². The van der Waals surface area contributed by atoms with Gasteiger partial charge in [-0.3, -0.25) is 4.79 Å². The molecule has 1 saturated heterocycles. The number of benzene rings is 1. The average Bonchev–Trinajstić information content (AvgIpc) is 3.55. The van der Waals surface area contributed by atoms with Crippen molar-refractivity contribution in [3.8, 4) is 0 Å². The van der Waals surface area contributed by atoms with Gasteiger partial charge in [-0.2, -0.15) is 23.0 Å². The van der Waals surface area contributed by atoms with Gasteiger partial charge in [0.1, 0.15) is 5.75 Å². The van der Waals surface area contributed by atoms with Crippen LogP contribution in [0.15, 0.2) is 32.9 Å². The Bertz CT molecular complexity index is 1440. The van der Waals surface area contributed by atoms with E-state index in [1.165, 1.54) is 10.9 Å². The smallest absolute Gasteiger partial charge is 0.416 e. The summed E-state index contributed by atoms with van der Waals surface area (Å²) in [6.07, 6.45) is -0.875. The van der Waals surface area contributed by atoms with Crippen molar-refractivity contribution in [2.45, 2.75) is 60.3 Å². The molecule has 1 aromatic carbocycles. The monoisotopic (exact) mass is 619 g/mol. The summed E-state index contributed by atoms with van der Waals surface area (Å²) in [7, 11) is -3.88. The minimum atomic E-state index is -4.50. The maximum absolute atomic E-state index is 13.3. The number of nitrogens with zero attached hydrogens (tertiary/aromatic N) is 6. The Labute approximate surface area is 236 Å². The number of piperidine rings is 1. The number of hydrogen-bond acceptors (Lipinski definition) is 9. The summed E-state index contributed by atoms with van der Waals surface area (Å²) < 4.78 is 75.3. The molecule has 2 aromatic heterocycles. The average molecular weight is 620 g/mol. The van der Waals surface area contributed by atoms with Crippen LogP contribution < -0.4 is 5.14 Å². The zero-order valence-corrected chi connectivity index (χ0v) is 24.0. The van der Waals surface area contributed by atoms with Crippen molar-refractivity contribution in [1.82, 2.24) is 30.1 Å². The highest BCUT2D eigenvalue weighted by Gasteiger charge is 2.31. The second-order valence-corrected chi connectivity index (χ2v) is 14.1. The molecule has 0 bridgehead atoms. The van der Waals surface area contributed by atoms with Crippen LogP contribution in [0.1, 0.15) is 48.2 Å². The van der Waals surface area contributed by atoms with Crippen LogP contribution in [-0.4, -0.2) is 67.8 Å². The number of hydrogen-bond donors (Lipinski definition) is 1. The van der Waals surface area contributed by atoms with E-state index < -0.39 is 32.9 Å². The van der Waals surface area contributed by atoms with E-state index in [1.54, 1.807) is 11.8 Å². The first-order valence-corrected chi connectivity index (χ1v) is 16.1. The summed E-state index contributed by atoms with van der Waals surface area (Å²) in [4.78, 5) is 19.8. The zero-order valence-electron chi connectivity index (χ0n) is 21.5. The summed E-state index contributed by atoms with van der Waals surface area (Å²) in [5.41, 5.74) is 0.210. The third-order valence-corrected chi connectivity index (χ3v) is 10.7. The maximum atomic E-state index is 13.3. The Balaban J connectivity index is 1.28. The summed E-state index contributed by atoms with van der Waals surface area (Å²) in [5.74, 6) is 0.900. The van der Waals surface area contributed by atoms with Crippen LogP contribution in [0.3, 0.4) is 0 Å². The summed E-state index contributed by atoms with van der Waals surface area (Å²) >= 11 is -0.640. The van der Waals surface area contributed by atoms with Gasteiger partial charge in [0.15, 0.2) is 10.0 Å².